The van der Waals surface area contributed by atoms with Crippen LogP contribution in [0.4, 0.5) is 0 Å². The molecular formula is C23H40Cl2N2. The number of likely N-dealkylation sites (tertiary alicyclic amines) is 1. The van der Waals surface area contributed by atoms with Gasteiger partial charge in [-0.1, -0.05) is 18.6 Å². The highest BCUT2D eigenvalue weighted by molar-refractivity contribution is 5.85. The molecule has 4 heteroatoms. The first-order chi connectivity index (χ1) is 12.0. The van der Waals surface area contributed by atoms with Crippen LogP contribution in [0, 0.1) is 34.5 Å². The van der Waals surface area contributed by atoms with Gasteiger partial charge >= 0.3 is 0 Å². The molecule has 1 saturated heterocycles. The van der Waals surface area contributed by atoms with Crippen LogP contribution in [0.1, 0.15) is 65.2 Å². The van der Waals surface area contributed by atoms with Gasteiger partial charge in [-0.05, 0) is 107 Å². The third-order valence-electron chi connectivity index (χ3n) is 10.1. The summed E-state index contributed by atoms with van der Waals surface area (Å²) in [5, 5.41) is 3.56. The predicted octanol–water partition coefficient (Wildman–Crippen LogP) is 5.31. The summed E-state index contributed by atoms with van der Waals surface area (Å²) < 4.78 is 0. The van der Waals surface area contributed by atoms with Gasteiger partial charge in [-0.25, -0.2) is 0 Å². The van der Waals surface area contributed by atoms with Gasteiger partial charge in [0, 0.05) is 18.6 Å². The Labute approximate surface area is 179 Å². The summed E-state index contributed by atoms with van der Waals surface area (Å²) in [4.78, 5) is 2.70. The lowest BCUT2D eigenvalue weighted by molar-refractivity contribution is -0.0403. The minimum Gasteiger partial charge on any atom is -0.317 e. The second kappa shape index (κ2) is 7.49. The molecule has 5 rings (SSSR count). The van der Waals surface area contributed by atoms with Crippen molar-refractivity contribution in [3.8, 4) is 0 Å². The molecule has 156 valence electrons. The van der Waals surface area contributed by atoms with Crippen LogP contribution in [-0.2, 0) is 0 Å². The van der Waals surface area contributed by atoms with E-state index in [2.05, 4.69) is 44.2 Å². The van der Waals surface area contributed by atoms with E-state index in [0.29, 0.717) is 10.8 Å². The number of fused-ring (bicyclic) bond motifs is 4. The quantitative estimate of drug-likeness (QED) is 0.584. The molecular weight excluding hydrogens is 375 g/mol. The molecule has 1 N–H and O–H groups in total. The zero-order valence-corrected chi connectivity index (χ0v) is 19.3. The topological polar surface area (TPSA) is 15.3 Å². The molecule has 27 heavy (non-hydrogen) atoms. The van der Waals surface area contributed by atoms with Crippen molar-refractivity contribution in [2.45, 2.75) is 77.3 Å². The van der Waals surface area contributed by atoms with E-state index in [1.807, 2.05) is 5.57 Å². The van der Waals surface area contributed by atoms with Crippen molar-refractivity contribution in [3.63, 3.8) is 0 Å². The van der Waals surface area contributed by atoms with Crippen molar-refractivity contribution in [3.05, 3.63) is 11.6 Å². The second-order valence-electron chi connectivity index (χ2n) is 10.6. The molecule has 0 aromatic heterocycles. The minimum atomic E-state index is 0. The summed E-state index contributed by atoms with van der Waals surface area (Å²) in [5.41, 5.74) is 3.02. The zero-order chi connectivity index (χ0) is 17.4. The Balaban J connectivity index is 0.00000105. The molecule has 4 fully saturated rings. The van der Waals surface area contributed by atoms with Gasteiger partial charge in [0.1, 0.15) is 0 Å². The monoisotopic (exact) mass is 414 g/mol. The fourth-order valence-electron chi connectivity index (χ4n) is 8.71. The first kappa shape index (κ1) is 21.9. The summed E-state index contributed by atoms with van der Waals surface area (Å²) in [6.07, 6.45) is 14.3. The second-order valence-corrected chi connectivity index (χ2v) is 10.6. The molecule has 3 saturated carbocycles. The highest BCUT2D eigenvalue weighted by Gasteiger charge is 2.63. The number of nitrogens with zero attached hydrogens (tertiary/aromatic N) is 1. The summed E-state index contributed by atoms with van der Waals surface area (Å²) in [7, 11) is 4.54. The molecule has 0 aromatic carbocycles. The van der Waals surface area contributed by atoms with E-state index in [4.69, 9.17) is 0 Å². The highest BCUT2D eigenvalue weighted by Crippen LogP contribution is 2.68. The van der Waals surface area contributed by atoms with Crippen molar-refractivity contribution in [2.24, 2.45) is 34.5 Å². The van der Waals surface area contributed by atoms with Gasteiger partial charge in [0.25, 0.3) is 0 Å². The van der Waals surface area contributed by atoms with E-state index in [9.17, 15) is 0 Å². The Morgan fingerprint density at radius 1 is 1.04 bits per heavy atom. The van der Waals surface area contributed by atoms with Gasteiger partial charge in [0.2, 0.25) is 0 Å². The maximum absolute atomic E-state index is 3.56. The lowest BCUT2D eigenvalue weighted by atomic mass is 9.47. The van der Waals surface area contributed by atoms with Crippen LogP contribution in [0.25, 0.3) is 0 Å². The Morgan fingerprint density at radius 2 is 1.78 bits per heavy atom. The van der Waals surface area contributed by atoms with Crippen molar-refractivity contribution in [2.75, 3.05) is 20.6 Å². The number of nitrogens with one attached hydrogen (secondary N) is 1. The molecule has 2 nitrogen and oxygen atoms in total. The standard InChI is InChI=1S/C23H38N2.2ClH/c1-15-19-7-8-21-18-6-5-16-13-17(24-3)9-11-22(16,2)20(18)10-12-23(19,21)14-25(15)4;;/h5,15,17-21,24H,6-14H2,1-4H3;2*1H/t15-,17-,18+,19+,20-,21-,22-,23?;;/m0../s1. The lowest BCUT2D eigenvalue weighted by Crippen LogP contribution is -2.52. The first-order valence-corrected chi connectivity index (χ1v) is 11.1. The molecule has 8 atom stereocenters. The van der Waals surface area contributed by atoms with Gasteiger partial charge < -0.3 is 10.2 Å². The molecule has 5 aliphatic rings. The van der Waals surface area contributed by atoms with Crippen molar-refractivity contribution in [1.29, 1.82) is 0 Å². The van der Waals surface area contributed by atoms with Gasteiger partial charge in [-0.15, -0.1) is 24.8 Å². The molecule has 1 aliphatic heterocycles. The number of rotatable bonds is 1. The number of hydrogen-bond acceptors (Lipinski definition) is 2. The molecule has 1 heterocycles. The lowest BCUT2D eigenvalue weighted by Gasteiger charge is -2.58. The molecule has 0 radical (unpaired) electrons. The van der Waals surface area contributed by atoms with Crippen LogP contribution in [0.2, 0.25) is 0 Å². The number of allylic oxidation sites excluding steroid dienone is 1. The van der Waals surface area contributed by atoms with Gasteiger partial charge in [0.15, 0.2) is 0 Å². The van der Waals surface area contributed by atoms with Crippen molar-refractivity contribution < 1.29 is 0 Å². The van der Waals surface area contributed by atoms with Crippen LogP contribution in [0.5, 0.6) is 0 Å². The largest absolute Gasteiger partial charge is 0.317 e. The Hall–Kier alpha value is 0.240. The summed E-state index contributed by atoms with van der Waals surface area (Å²) >= 11 is 0. The van der Waals surface area contributed by atoms with E-state index in [-0.39, 0.29) is 24.8 Å². The fraction of sp³-hybridized carbons (Fsp3) is 0.913. The van der Waals surface area contributed by atoms with E-state index in [1.54, 1.807) is 0 Å². The normalized spacial score (nSPS) is 51.0. The average Bonchev–Trinajstić information content (AvgIpc) is 3.09. The van der Waals surface area contributed by atoms with E-state index < -0.39 is 0 Å². The smallest absolute Gasteiger partial charge is 0.0102 e. The van der Waals surface area contributed by atoms with Gasteiger partial charge in [-0.3, -0.25) is 0 Å². The average molecular weight is 415 g/mol. The Bertz CT molecular complexity index is 593. The third-order valence-corrected chi connectivity index (χ3v) is 10.1. The molecule has 4 aliphatic carbocycles. The maximum atomic E-state index is 3.56. The number of halogens is 2. The van der Waals surface area contributed by atoms with Crippen molar-refractivity contribution >= 4 is 24.8 Å². The van der Waals surface area contributed by atoms with Crippen LogP contribution >= 0.6 is 24.8 Å². The van der Waals surface area contributed by atoms with Crippen LogP contribution < -0.4 is 5.32 Å². The Kier molecular flexibility index (Phi) is 6.09. The highest BCUT2D eigenvalue weighted by atomic mass is 35.5. The van der Waals surface area contributed by atoms with E-state index in [0.717, 1.165) is 35.8 Å². The fourth-order valence-corrected chi connectivity index (χ4v) is 8.71. The molecule has 0 amide bonds. The predicted molar refractivity (Wildman–Crippen MR) is 119 cm³/mol. The van der Waals surface area contributed by atoms with E-state index >= 15 is 0 Å². The van der Waals surface area contributed by atoms with Crippen LogP contribution in [-0.4, -0.2) is 37.6 Å². The van der Waals surface area contributed by atoms with Crippen LogP contribution in [0.15, 0.2) is 11.6 Å². The molecule has 1 spiro atoms. The summed E-state index contributed by atoms with van der Waals surface area (Å²) in [6.45, 7) is 6.55. The zero-order valence-electron chi connectivity index (χ0n) is 17.7. The van der Waals surface area contributed by atoms with Crippen LogP contribution in [0.3, 0.4) is 0 Å². The number of hydrogen-bond donors (Lipinski definition) is 1. The third kappa shape index (κ3) is 2.87. The van der Waals surface area contributed by atoms with E-state index in [1.165, 1.54) is 57.9 Å². The molecule has 0 aromatic rings. The molecule has 1 unspecified atom stereocenters. The van der Waals surface area contributed by atoms with Gasteiger partial charge in [0.05, 0.1) is 0 Å². The summed E-state index contributed by atoms with van der Waals surface area (Å²) in [6, 6.07) is 1.55. The van der Waals surface area contributed by atoms with Crippen molar-refractivity contribution in [1.82, 2.24) is 10.2 Å². The molecule has 0 bridgehead atoms. The maximum Gasteiger partial charge on any atom is 0.0102 e. The first-order valence-electron chi connectivity index (χ1n) is 11.1. The Morgan fingerprint density at radius 3 is 2.52 bits per heavy atom. The summed E-state index contributed by atoms with van der Waals surface area (Å²) in [5.74, 6) is 3.96. The minimum absolute atomic E-state index is 0. The van der Waals surface area contributed by atoms with Gasteiger partial charge in [-0.2, -0.15) is 0 Å². The SMILES string of the molecule is CN[C@H]1CC[C@@]2(C)C(=CC[C@H]3[C@@H]4CC[C@@H]5[C@H](C)N(C)CC54CC[C@@H]32)C1.Cl.Cl.